The highest BCUT2D eigenvalue weighted by atomic mass is 16.5. The van der Waals surface area contributed by atoms with Gasteiger partial charge in [-0.25, -0.2) is 4.98 Å². The van der Waals surface area contributed by atoms with Gasteiger partial charge < -0.3 is 9.47 Å². The SMILES string of the molecule is CCOc1ccc(OC(C)C(=O)NNC(=O)c2cc(C3CC3)nc3c2c(C)nn3C)cc1. The van der Waals surface area contributed by atoms with Crippen LogP contribution in [0.2, 0.25) is 0 Å². The van der Waals surface area contributed by atoms with E-state index in [1.807, 2.05) is 20.9 Å². The minimum Gasteiger partial charge on any atom is -0.494 e. The first-order valence-corrected chi connectivity index (χ1v) is 10.7. The molecule has 9 nitrogen and oxygen atoms in total. The van der Waals surface area contributed by atoms with Gasteiger partial charge in [-0.15, -0.1) is 0 Å². The molecular formula is C23H27N5O4. The molecule has 2 aromatic heterocycles. The molecule has 2 amide bonds. The van der Waals surface area contributed by atoms with Gasteiger partial charge in [-0.3, -0.25) is 25.1 Å². The number of hydrogen-bond donors (Lipinski definition) is 2. The number of amides is 2. The van der Waals surface area contributed by atoms with Crippen molar-refractivity contribution in [2.24, 2.45) is 7.05 Å². The zero-order valence-electron chi connectivity index (χ0n) is 18.6. The molecular weight excluding hydrogens is 410 g/mol. The molecule has 0 saturated heterocycles. The number of fused-ring (bicyclic) bond motifs is 1. The van der Waals surface area contributed by atoms with Gasteiger partial charge in [0, 0.05) is 18.7 Å². The van der Waals surface area contributed by atoms with E-state index < -0.39 is 17.9 Å². The predicted molar refractivity (Wildman–Crippen MR) is 119 cm³/mol. The fraction of sp³-hybridized carbons (Fsp3) is 0.391. The van der Waals surface area contributed by atoms with Crippen molar-refractivity contribution in [3.63, 3.8) is 0 Å². The van der Waals surface area contributed by atoms with Crippen LogP contribution < -0.4 is 20.3 Å². The zero-order valence-corrected chi connectivity index (χ0v) is 18.6. The molecule has 1 aromatic carbocycles. The standard InChI is InChI=1S/C23H27N5O4/c1-5-31-16-8-10-17(11-9-16)32-14(3)22(29)25-26-23(30)18-12-19(15-6-7-15)24-21-20(18)13(2)27-28(21)4/h8-12,14-15H,5-7H2,1-4H3,(H,25,29)(H,26,30). The van der Waals surface area contributed by atoms with Crippen LogP contribution in [0.15, 0.2) is 30.3 Å². The highest BCUT2D eigenvalue weighted by Gasteiger charge is 2.28. The topological polar surface area (TPSA) is 107 Å². The van der Waals surface area contributed by atoms with Crippen LogP contribution in [-0.4, -0.2) is 39.3 Å². The number of nitrogens with zero attached hydrogens (tertiary/aromatic N) is 3. The average molecular weight is 438 g/mol. The molecule has 2 N–H and O–H groups in total. The molecule has 1 saturated carbocycles. The number of nitrogens with one attached hydrogen (secondary N) is 2. The highest BCUT2D eigenvalue weighted by Crippen LogP contribution is 2.40. The molecule has 2 heterocycles. The van der Waals surface area contributed by atoms with E-state index in [0.717, 1.165) is 24.3 Å². The van der Waals surface area contributed by atoms with Crippen LogP contribution in [0.4, 0.5) is 0 Å². The fourth-order valence-electron chi connectivity index (χ4n) is 3.56. The maximum absolute atomic E-state index is 13.0. The van der Waals surface area contributed by atoms with Gasteiger partial charge in [0.05, 0.1) is 23.3 Å². The molecule has 0 aliphatic heterocycles. The van der Waals surface area contributed by atoms with Crippen LogP contribution in [0.25, 0.3) is 11.0 Å². The first-order chi connectivity index (χ1) is 15.4. The Hall–Kier alpha value is -3.62. The second-order valence-electron chi connectivity index (χ2n) is 7.88. The Morgan fingerprint density at radius 2 is 1.88 bits per heavy atom. The summed E-state index contributed by atoms with van der Waals surface area (Å²) in [5.74, 6) is 0.737. The molecule has 1 fully saturated rings. The van der Waals surface area contributed by atoms with E-state index in [2.05, 4.69) is 16.0 Å². The maximum atomic E-state index is 13.0. The third kappa shape index (κ3) is 4.51. The number of carbonyl (C=O) groups is 2. The monoisotopic (exact) mass is 437 g/mol. The van der Waals surface area contributed by atoms with Crippen molar-refractivity contribution >= 4 is 22.8 Å². The van der Waals surface area contributed by atoms with Crippen LogP contribution in [0.1, 0.15) is 54.4 Å². The van der Waals surface area contributed by atoms with Crippen molar-refractivity contribution in [3.05, 3.63) is 47.3 Å². The molecule has 1 aliphatic rings. The lowest BCUT2D eigenvalue weighted by Gasteiger charge is -2.16. The molecule has 1 unspecified atom stereocenters. The maximum Gasteiger partial charge on any atom is 0.279 e. The fourth-order valence-corrected chi connectivity index (χ4v) is 3.56. The van der Waals surface area contributed by atoms with Crippen molar-refractivity contribution in [2.75, 3.05) is 6.61 Å². The summed E-state index contributed by atoms with van der Waals surface area (Å²) in [6.07, 6.45) is 1.31. The van der Waals surface area contributed by atoms with E-state index >= 15 is 0 Å². The Kier molecular flexibility index (Phi) is 5.98. The Morgan fingerprint density at radius 1 is 1.19 bits per heavy atom. The van der Waals surface area contributed by atoms with E-state index in [0.29, 0.717) is 40.6 Å². The normalized spacial score (nSPS) is 14.1. The van der Waals surface area contributed by atoms with Crippen molar-refractivity contribution in [3.8, 4) is 11.5 Å². The van der Waals surface area contributed by atoms with Gasteiger partial charge >= 0.3 is 0 Å². The van der Waals surface area contributed by atoms with E-state index in [9.17, 15) is 9.59 Å². The van der Waals surface area contributed by atoms with E-state index in [4.69, 9.17) is 14.5 Å². The van der Waals surface area contributed by atoms with E-state index in [1.54, 1.807) is 41.9 Å². The smallest absolute Gasteiger partial charge is 0.279 e. The summed E-state index contributed by atoms with van der Waals surface area (Å²) in [5, 5.41) is 5.08. The molecule has 3 aromatic rings. The van der Waals surface area contributed by atoms with Gasteiger partial charge in [0.25, 0.3) is 11.8 Å². The summed E-state index contributed by atoms with van der Waals surface area (Å²) in [6, 6.07) is 8.80. The summed E-state index contributed by atoms with van der Waals surface area (Å²) in [5.41, 5.74) is 7.65. The van der Waals surface area contributed by atoms with Crippen molar-refractivity contribution in [1.82, 2.24) is 25.6 Å². The molecule has 1 atom stereocenters. The number of aryl methyl sites for hydroxylation is 2. The summed E-state index contributed by atoms with van der Waals surface area (Å²) in [7, 11) is 1.81. The Balaban J connectivity index is 1.43. The number of pyridine rings is 1. The van der Waals surface area contributed by atoms with Gasteiger partial charge in [0.2, 0.25) is 0 Å². The molecule has 4 rings (SSSR count). The Labute approximate surface area is 186 Å². The molecule has 168 valence electrons. The van der Waals surface area contributed by atoms with Crippen LogP contribution in [-0.2, 0) is 11.8 Å². The third-order valence-corrected chi connectivity index (χ3v) is 5.34. The highest BCUT2D eigenvalue weighted by molar-refractivity contribution is 6.07. The zero-order chi connectivity index (χ0) is 22.8. The summed E-state index contributed by atoms with van der Waals surface area (Å²) >= 11 is 0. The quantitative estimate of drug-likeness (QED) is 0.551. The lowest BCUT2D eigenvalue weighted by molar-refractivity contribution is -0.128. The van der Waals surface area contributed by atoms with Gasteiger partial charge in [-0.05, 0) is 63.9 Å². The molecule has 32 heavy (non-hydrogen) atoms. The molecule has 9 heteroatoms. The van der Waals surface area contributed by atoms with Gasteiger partial charge in [0.15, 0.2) is 11.8 Å². The second-order valence-corrected chi connectivity index (χ2v) is 7.88. The number of benzene rings is 1. The van der Waals surface area contributed by atoms with Gasteiger partial charge in [-0.2, -0.15) is 5.10 Å². The number of rotatable bonds is 7. The predicted octanol–water partition coefficient (Wildman–Crippen LogP) is 2.78. The lowest BCUT2D eigenvalue weighted by Crippen LogP contribution is -2.47. The van der Waals surface area contributed by atoms with Crippen molar-refractivity contribution in [2.45, 2.75) is 45.6 Å². The van der Waals surface area contributed by atoms with Crippen LogP contribution >= 0.6 is 0 Å². The average Bonchev–Trinajstić information content (AvgIpc) is 3.59. The first kappa shape index (κ1) is 21.6. The summed E-state index contributed by atoms with van der Waals surface area (Å²) in [6.45, 7) is 5.93. The van der Waals surface area contributed by atoms with Gasteiger partial charge in [0.1, 0.15) is 11.5 Å². The van der Waals surface area contributed by atoms with Gasteiger partial charge in [-0.1, -0.05) is 0 Å². The van der Waals surface area contributed by atoms with Crippen LogP contribution in [0.5, 0.6) is 11.5 Å². The summed E-state index contributed by atoms with van der Waals surface area (Å²) < 4.78 is 12.7. The number of ether oxygens (including phenoxy) is 2. The van der Waals surface area contributed by atoms with Crippen LogP contribution in [0.3, 0.4) is 0 Å². The largest absolute Gasteiger partial charge is 0.494 e. The first-order valence-electron chi connectivity index (χ1n) is 10.7. The minimum absolute atomic E-state index is 0.373. The molecule has 1 aliphatic carbocycles. The molecule has 0 spiro atoms. The number of hydrogen-bond acceptors (Lipinski definition) is 6. The molecule has 0 radical (unpaired) electrons. The van der Waals surface area contributed by atoms with Crippen LogP contribution in [0, 0.1) is 6.92 Å². The summed E-state index contributed by atoms with van der Waals surface area (Å²) in [4.78, 5) is 30.1. The second kappa shape index (κ2) is 8.86. The third-order valence-electron chi connectivity index (χ3n) is 5.34. The van der Waals surface area contributed by atoms with Crippen molar-refractivity contribution in [1.29, 1.82) is 0 Å². The number of hydrazine groups is 1. The van der Waals surface area contributed by atoms with E-state index in [-0.39, 0.29) is 0 Å². The number of aromatic nitrogens is 3. The lowest BCUT2D eigenvalue weighted by atomic mass is 10.1. The molecule has 0 bridgehead atoms. The van der Waals surface area contributed by atoms with Crippen molar-refractivity contribution < 1.29 is 19.1 Å². The number of carbonyl (C=O) groups excluding carboxylic acids is 2. The Morgan fingerprint density at radius 3 is 2.53 bits per heavy atom. The Bertz CT molecular complexity index is 1150. The van der Waals surface area contributed by atoms with E-state index in [1.165, 1.54) is 0 Å². The minimum atomic E-state index is -0.812.